The first kappa shape index (κ1) is 13.5. The van der Waals surface area contributed by atoms with Crippen LogP contribution in [-0.2, 0) is 4.74 Å². The summed E-state index contributed by atoms with van der Waals surface area (Å²) in [5.74, 6) is 0.895. The zero-order valence-corrected chi connectivity index (χ0v) is 12.6. The molecule has 1 aromatic rings. The number of ether oxygens (including phenoxy) is 1. The average molecular weight is 288 g/mol. The van der Waals surface area contributed by atoms with Crippen LogP contribution in [0, 0.1) is 5.41 Å². The Bertz CT molecular complexity index is 466. The largest absolute Gasteiger partial charge is 0.380 e. The highest BCUT2D eigenvalue weighted by Gasteiger charge is 2.43. The second kappa shape index (κ2) is 5.54. The molecule has 4 rings (SSSR count). The highest BCUT2D eigenvalue weighted by molar-refractivity contribution is 5.29. The molecule has 0 N–H and O–H groups in total. The Morgan fingerprint density at radius 3 is 2.57 bits per heavy atom. The van der Waals surface area contributed by atoms with Crippen molar-refractivity contribution in [1.82, 2.24) is 14.9 Å². The lowest BCUT2D eigenvalue weighted by Crippen LogP contribution is -2.43. The Labute approximate surface area is 126 Å². The van der Waals surface area contributed by atoms with Gasteiger partial charge in [0.15, 0.2) is 0 Å². The lowest BCUT2D eigenvalue weighted by Gasteiger charge is -2.39. The first-order chi connectivity index (χ1) is 10.3. The van der Waals surface area contributed by atoms with E-state index in [1.54, 1.807) is 0 Å². The van der Waals surface area contributed by atoms with E-state index in [1.807, 2.05) is 18.5 Å². The Morgan fingerprint density at radius 2 is 1.86 bits per heavy atom. The normalized spacial score (nSPS) is 29.3. The molecule has 1 unspecified atom stereocenters. The van der Waals surface area contributed by atoms with Gasteiger partial charge in [0.2, 0.25) is 5.95 Å². The molecule has 0 bridgehead atoms. The molecule has 1 spiro atoms. The molecule has 0 aliphatic carbocycles. The summed E-state index contributed by atoms with van der Waals surface area (Å²) in [6.07, 6.45) is 8.80. The minimum absolute atomic E-state index is 0.536. The first-order valence-electron chi connectivity index (χ1n) is 8.19. The summed E-state index contributed by atoms with van der Waals surface area (Å²) in [6, 6.07) is 2.56. The van der Waals surface area contributed by atoms with E-state index in [4.69, 9.17) is 4.74 Å². The van der Waals surface area contributed by atoms with Gasteiger partial charge in [-0.25, -0.2) is 9.97 Å². The maximum Gasteiger partial charge on any atom is 0.225 e. The van der Waals surface area contributed by atoms with E-state index in [1.165, 1.54) is 38.8 Å². The molecule has 5 heteroatoms. The van der Waals surface area contributed by atoms with Crippen LogP contribution >= 0.6 is 0 Å². The lowest BCUT2D eigenvalue weighted by atomic mass is 9.78. The number of rotatable bonds is 2. The molecule has 0 amide bonds. The molecule has 3 saturated heterocycles. The molecule has 1 atom stereocenters. The zero-order valence-electron chi connectivity index (χ0n) is 12.6. The van der Waals surface area contributed by atoms with E-state index >= 15 is 0 Å². The van der Waals surface area contributed by atoms with Gasteiger partial charge in [0.1, 0.15) is 0 Å². The molecular weight excluding hydrogens is 264 g/mol. The molecule has 5 nitrogen and oxygen atoms in total. The molecule has 0 saturated carbocycles. The van der Waals surface area contributed by atoms with Crippen molar-refractivity contribution < 1.29 is 4.74 Å². The van der Waals surface area contributed by atoms with Gasteiger partial charge in [-0.3, -0.25) is 4.90 Å². The summed E-state index contributed by atoms with van der Waals surface area (Å²) in [5, 5.41) is 0. The number of nitrogens with zero attached hydrogens (tertiary/aromatic N) is 4. The predicted octanol–water partition coefficient (Wildman–Crippen LogP) is 1.56. The minimum atomic E-state index is 0.536. The van der Waals surface area contributed by atoms with E-state index in [0.29, 0.717) is 11.5 Å². The number of hydrogen-bond donors (Lipinski definition) is 0. The van der Waals surface area contributed by atoms with Crippen molar-refractivity contribution in [2.45, 2.75) is 31.7 Å². The summed E-state index contributed by atoms with van der Waals surface area (Å²) in [5.41, 5.74) is 0.536. The molecule has 1 aromatic heterocycles. The monoisotopic (exact) mass is 288 g/mol. The topological polar surface area (TPSA) is 41.5 Å². The third-order valence-electron chi connectivity index (χ3n) is 5.55. The Hall–Kier alpha value is -1.20. The number of hydrogen-bond acceptors (Lipinski definition) is 5. The summed E-state index contributed by atoms with van der Waals surface area (Å²) in [4.78, 5) is 13.8. The molecule has 3 fully saturated rings. The van der Waals surface area contributed by atoms with Gasteiger partial charge < -0.3 is 9.64 Å². The second-order valence-electron chi connectivity index (χ2n) is 6.77. The zero-order chi connectivity index (χ0) is 14.1. The van der Waals surface area contributed by atoms with Crippen LogP contribution in [0.5, 0.6) is 0 Å². The van der Waals surface area contributed by atoms with Crippen molar-refractivity contribution >= 4 is 5.95 Å². The van der Waals surface area contributed by atoms with Gasteiger partial charge in [-0.05, 0) is 43.7 Å². The SMILES string of the molecule is c1cnc(N2CCC3(CC2)CCN(C2CCOC2)C3)nc1. The maximum atomic E-state index is 5.55. The summed E-state index contributed by atoms with van der Waals surface area (Å²) < 4.78 is 5.55. The standard InChI is InChI=1S/C16H24N4O/c1-6-17-15(18-7-1)19-8-3-16(4-9-19)5-10-20(13-16)14-2-11-21-12-14/h1,6-7,14H,2-5,8-13H2. The van der Waals surface area contributed by atoms with Crippen molar-refractivity contribution in [2.24, 2.45) is 5.41 Å². The smallest absolute Gasteiger partial charge is 0.225 e. The fourth-order valence-electron chi connectivity index (χ4n) is 4.14. The number of piperidine rings is 1. The van der Waals surface area contributed by atoms with Gasteiger partial charge in [-0.15, -0.1) is 0 Å². The van der Waals surface area contributed by atoms with Crippen LogP contribution in [0.4, 0.5) is 5.95 Å². The molecule has 21 heavy (non-hydrogen) atoms. The van der Waals surface area contributed by atoms with Crippen LogP contribution in [0.25, 0.3) is 0 Å². The van der Waals surface area contributed by atoms with Gasteiger partial charge in [0.25, 0.3) is 0 Å². The van der Waals surface area contributed by atoms with Crippen molar-refractivity contribution in [2.75, 3.05) is 44.3 Å². The fraction of sp³-hybridized carbons (Fsp3) is 0.750. The Morgan fingerprint density at radius 1 is 1.10 bits per heavy atom. The molecule has 3 aliphatic rings. The molecule has 4 heterocycles. The number of anilines is 1. The Kier molecular flexibility index (Phi) is 3.55. The van der Waals surface area contributed by atoms with E-state index < -0.39 is 0 Å². The molecule has 114 valence electrons. The summed E-state index contributed by atoms with van der Waals surface area (Å²) >= 11 is 0. The van der Waals surface area contributed by atoms with Crippen molar-refractivity contribution in [3.63, 3.8) is 0 Å². The van der Waals surface area contributed by atoms with Gasteiger partial charge in [0.05, 0.1) is 6.61 Å². The summed E-state index contributed by atoms with van der Waals surface area (Å²) in [7, 11) is 0. The van der Waals surface area contributed by atoms with Crippen LogP contribution in [0.1, 0.15) is 25.7 Å². The Balaban J connectivity index is 1.37. The third kappa shape index (κ3) is 2.64. The van der Waals surface area contributed by atoms with Crippen LogP contribution in [0.15, 0.2) is 18.5 Å². The minimum Gasteiger partial charge on any atom is -0.380 e. The van der Waals surface area contributed by atoms with Gasteiger partial charge in [-0.2, -0.15) is 0 Å². The van der Waals surface area contributed by atoms with Gasteiger partial charge in [0, 0.05) is 44.7 Å². The highest BCUT2D eigenvalue weighted by Crippen LogP contribution is 2.42. The van der Waals surface area contributed by atoms with Gasteiger partial charge >= 0.3 is 0 Å². The summed E-state index contributed by atoms with van der Waals surface area (Å²) in [6.45, 7) is 6.62. The predicted molar refractivity (Wildman–Crippen MR) is 81.3 cm³/mol. The molecule has 0 aromatic carbocycles. The van der Waals surface area contributed by atoms with Gasteiger partial charge in [-0.1, -0.05) is 0 Å². The van der Waals surface area contributed by atoms with E-state index in [0.717, 1.165) is 32.3 Å². The first-order valence-corrected chi connectivity index (χ1v) is 8.19. The maximum absolute atomic E-state index is 5.55. The molecule has 0 radical (unpaired) electrons. The fourth-order valence-corrected chi connectivity index (χ4v) is 4.14. The van der Waals surface area contributed by atoms with Crippen molar-refractivity contribution in [1.29, 1.82) is 0 Å². The van der Waals surface area contributed by atoms with E-state index in [2.05, 4.69) is 19.8 Å². The number of aromatic nitrogens is 2. The number of likely N-dealkylation sites (tertiary alicyclic amines) is 1. The van der Waals surface area contributed by atoms with Crippen LogP contribution in [0.2, 0.25) is 0 Å². The average Bonchev–Trinajstić information content (AvgIpc) is 3.19. The molecule has 3 aliphatic heterocycles. The lowest BCUT2D eigenvalue weighted by molar-refractivity contribution is 0.142. The van der Waals surface area contributed by atoms with E-state index in [-0.39, 0.29) is 0 Å². The quantitative estimate of drug-likeness (QED) is 0.826. The van der Waals surface area contributed by atoms with Crippen LogP contribution in [0.3, 0.4) is 0 Å². The van der Waals surface area contributed by atoms with E-state index in [9.17, 15) is 0 Å². The van der Waals surface area contributed by atoms with Crippen LogP contribution < -0.4 is 4.90 Å². The molecular formula is C16H24N4O. The van der Waals surface area contributed by atoms with Crippen molar-refractivity contribution in [3.05, 3.63) is 18.5 Å². The second-order valence-corrected chi connectivity index (χ2v) is 6.77. The third-order valence-corrected chi connectivity index (χ3v) is 5.55. The van der Waals surface area contributed by atoms with Crippen LogP contribution in [-0.4, -0.2) is 60.3 Å². The van der Waals surface area contributed by atoms with Crippen molar-refractivity contribution in [3.8, 4) is 0 Å². The highest BCUT2D eigenvalue weighted by atomic mass is 16.5.